The summed E-state index contributed by atoms with van der Waals surface area (Å²) in [4.78, 5) is 32.0. The van der Waals surface area contributed by atoms with E-state index in [0.29, 0.717) is 11.3 Å². The number of esters is 2. The number of aromatic nitrogens is 1. The van der Waals surface area contributed by atoms with Crippen LogP contribution in [-0.4, -0.2) is 31.1 Å². The zero-order valence-electron chi connectivity index (χ0n) is 20.5. The molecule has 1 aliphatic rings. The largest absolute Gasteiger partial charge is 0.466 e. The monoisotopic (exact) mass is 494 g/mol. The van der Waals surface area contributed by atoms with E-state index in [-0.39, 0.29) is 22.7 Å². The Labute approximate surface area is 215 Å². The number of nitrogens with two attached hydrogens (primary N) is 1. The van der Waals surface area contributed by atoms with Crippen LogP contribution in [0.4, 0.5) is 5.69 Å². The number of nitriles is 1. The van der Waals surface area contributed by atoms with Crippen molar-refractivity contribution in [3.05, 3.63) is 118 Å². The molecule has 0 saturated heterocycles. The lowest BCUT2D eigenvalue weighted by Crippen LogP contribution is -2.40. The van der Waals surface area contributed by atoms with Gasteiger partial charge in [0.25, 0.3) is 0 Å². The highest BCUT2D eigenvalue weighted by Crippen LogP contribution is 2.43. The van der Waals surface area contributed by atoms with Crippen LogP contribution in [0, 0.1) is 11.3 Å². The van der Waals surface area contributed by atoms with E-state index in [0.717, 1.165) is 24.1 Å². The van der Waals surface area contributed by atoms with Crippen molar-refractivity contribution < 1.29 is 19.1 Å². The van der Waals surface area contributed by atoms with E-state index in [4.69, 9.17) is 15.2 Å². The summed E-state index contributed by atoms with van der Waals surface area (Å²) < 4.78 is 10.1. The molecule has 0 aliphatic carbocycles. The highest BCUT2D eigenvalue weighted by atomic mass is 16.5. The molecule has 4 rings (SSSR count). The highest BCUT2D eigenvalue weighted by Gasteiger charge is 2.42. The number of aryl methyl sites for hydroxylation is 2. The van der Waals surface area contributed by atoms with Crippen molar-refractivity contribution in [2.75, 3.05) is 19.1 Å². The van der Waals surface area contributed by atoms with E-state index < -0.39 is 17.9 Å². The summed E-state index contributed by atoms with van der Waals surface area (Å²) in [7, 11) is 2.45. The molecule has 2 aromatic carbocycles. The quantitative estimate of drug-likeness (QED) is 0.493. The van der Waals surface area contributed by atoms with Gasteiger partial charge in [-0.15, -0.1) is 0 Å². The highest BCUT2D eigenvalue weighted by molar-refractivity contribution is 6.06. The Morgan fingerprint density at radius 1 is 0.946 bits per heavy atom. The van der Waals surface area contributed by atoms with Crippen LogP contribution in [0.1, 0.15) is 22.7 Å². The SMILES string of the molecule is COC(=O)C1=C(C(=O)OC)N(c2ccc(CCc3ccccn3)cc2)C(N)=C(C#N)C1c1ccccc1. The Bertz CT molecular complexity index is 1390. The molecule has 0 saturated carbocycles. The summed E-state index contributed by atoms with van der Waals surface area (Å²) in [5.41, 5.74) is 9.69. The molecule has 1 atom stereocenters. The Hall–Kier alpha value is -4.90. The molecule has 2 heterocycles. The van der Waals surface area contributed by atoms with Gasteiger partial charge in [0.05, 0.1) is 37.4 Å². The molecular formula is C29H26N4O4. The van der Waals surface area contributed by atoms with Crippen molar-refractivity contribution >= 4 is 17.6 Å². The topological polar surface area (TPSA) is 119 Å². The molecule has 3 aromatic rings. The van der Waals surface area contributed by atoms with Crippen LogP contribution in [0.3, 0.4) is 0 Å². The molecule has 0 bridgehead atoms. The molecule has 186 valence electrons. The van der Waals surface area contributed by atoms with Crippen LogP contribution >= 0.6 is 0 Å². The van der Waals surface area contributed by atoms with Crippen LogP contribution in [0.15, 0.2) is 102 Å². The van der Waals surface area contributed by atoms with Gasteiger partial charge in [-0.2, -0.15) is 5.26 Å². The summed E-state index contributed by atoms with van der Waals surface area (Å²) in [6.45, 7) is 0. The number of allylic oxidation sites excluding steroid dienone is 1. The number of hydrogen-bond acceptors (Lipinski definition) is 8. The predicted octanol–water partition coefficient (Wildman–Crippen LogP) is 3.76. The number of carbonyl (C=O) groups is 2. The minimum absolute atomic E-state index is 0.0227. The van der Waals surface area contributed by atoms with Crippen LogP contribution in [0.25, 0.3) is 0 Å². The summed E-state index contributed by atoms with van der Waals surface area (Å²) >= 11 is 0. The van der Waals surface area contributed by atoms with Crippen LogP contribution < -0.4 is 10.6 Å². The second-order valence-electron chi connectivity index (χ2n) is 8.32. The zero-order valence-corrected chi connectivity index (χ0v) is 20.5. The second kappa shape index (κ2) is 11.2. The molecule has 0 fully saturated rings. The van der Waals surface area contributed by atoms with E-state index in [1.165, 1.54) is 19.1 Å². The third-order valence-electron chi connectivity index (χ3n) is 6.20. The van der Waals surface area contributed by atoms with Crippen molar-refractivity contribution in [1.29, 1.82) is 5.26 Å². The fourth-order valence-electron chi connectivity index (χ4n) is 4.41. The minimum Gasteiger partial charge on any atom is -0.466 e. The molecule has 37 heavy (non-hydrogen) atoms. The number of carbonyl (C=O) groups excluding carboxylic acids is 2. The summed E-state index contributed by atoms with van der Waals surface area (Å²) in [6, 6.07) is 24.3. The van der Waals surface area contributed by atoms with Crippen molar-refractivity contribution in [3.63, 3.8) is 0 Å². The lowest BCUT2D eigenvalue weighted by atomic mass is 9.81. The number of rotatable bonds is 7. The third-order valence-corrected chi connectivity index (χ3v) is 6.20. The zero-order chi connectivity index (χ0) is 26.4. The van der Waals surface area contributed by atoms with Gasteiger partial charge < -0.3 is 15.2 Å². The molecule has 1 unspecified atom stereocenters. The molecule has 1 aromatic heterocycles. The molecular weight excluding hydrogens is 468 g/mol. The molecule has 2 N–H and O–H groups in total. The maximum Gasteiger partial charge on any atom is 0.355 e. The van der Waals surface area contributed by atoms with E-state index in [1.54, 1.807) is 42.6 Å². The molecule has 0 amide bonds. The molecule has 8 heteroatoms. The Morgan fingerprint density at radius 2 is 1.62 bits per heavy atom. The van der Waals surface area contributed by atoms with E-state index in [1.807, 2.05) is 36.4 Å². The molecule has 8 nitrogen and oxygen atoms in total. The van der Waals surface area contributed by atoms with Gasteiger partial charge in [0.1, 0.15) is 11.5 Å². The smallest absolute Gasteiger partial charge is 0.355 e. The van der Waals surface area contributed by atoms with Gasteiger partial charge in [-0.25, -0.2) is 9.59 Å². The molecule has 0 spiro atoms. The summed E-state index contributed by atoms with van der Waals surface area (Å²) in [5, 5.41) is 10.1. The average Bonchev–Trinajstić information content (AvgIpc) is 2.95. The van der Waals surface area contributed by atoms with Gasteiger partial charge in [0.15, 0.2) is 0 Å². The molecule has 0 radical (unpaired) electrons. The van der Waals surface area contributed by atoms with Crippen LogP contribution in [0.2, 0.25) is 0 Å². The average molecular weight is 495 g/mol. The van der Waals surface area contributed by atoms with Crippen LogP contribution in [-0.2, 0) is 31.9 Å². The first-order chi connectivity index (χ1) is 18.0. The standard InChI is InChI=1S/C29H26N4O4/c1-36-28(34)25-24(20-8-4-3-5-9-20)23(18-30)27(31)33(26(25)29(35)37-2)22-15-12-19(13-16-22)11-14-21-10-6-7-17-32-21/h3-10,12-13,15-17,24H,11,14,31H2,1-2H3. The van der Waals surface area contributed by atoms with Crippen molar-refractivity contribution in [1.82, 2.24) is 4.98 Å². The van der Waals surface area contributed by atoms with Crippen molar-refractivity contribution in [2.45, 2.75) is 18.8 Å². The fourth-order valence-corrected chi connectivity index (χ4v) is 4.41. The van der Waals surface area contributed by atoms with Crippen molar-refractivity contribution in [3.8, 4) is 6.07 Å². The third kappa shape index (κ3) is 5.07. The van der Waals surface area contributed by atoms with Gasteiger partial charge in [0, 0.05) is 17.6 Å². The Balaban J connectivity index is 1.81. The Morgan fingerprint density at radius 3 is 2.22 bits per heavy atom. The van der Waals surface area contributed by atoms with Gasteiger partial charge in [-0.3, -0.25) is 9.88 Å². The maximum absolute atomic E-state index is 13.1. The number of nitrogens with zero attached hydrogens (tertiary/aromatic N) is 3. The second-order valence-corrected chi connectivity index (χ2v) is 8.32. The fraction of sp³-hybridized carbons (Fsp3) is 0.172. The van der Waals surface area contributed by atoms with Crippen LogP contribution in [0.5, 0.6) is 0 Å². The van der Waals surface area contributed by atoms with Gasteiger partial charge in [-0.1, -0.05) is 48.5 Å². The number of hydrogen-bond donors (Lipinski definition) is 1. The first-order valence-corrected chi connectivity index (χ1v) is 11.6. The lowest BCUT2D eigenvalue weighted by Gasteiger charge is -2.35. The van der Waals surface area contributed by atoms with Gasteiger partial charge in [-0.05, 0) is 48.2 Å². The van der Waals surface area contributed by atoms with Gasteiger partial charge >= 0.3 is 11.9 Å². The summed E-state index contributed by atoms with van der Waals surface area (Å²) in [5.74, 6) is -2.40. The maximum atomic E-state index is 13.1. The van der Waals surface area contributed by atoms with E-state index in [9.17, 15) is 14.9 Å². The van der Waals surface area contributed by atoms with Crippen molar-refractivity contribution in [2.24, 2.45) is 5.73 Å². The predicted molar refractivity (Wildman–Crippen MR) is 138 cm³/mol. The normalized spacial score (nSPS) is 15.3. The number of benzene rings is 2. The van der Waals surface area contributed by atoms with Gasteiger partial charge in [0.2, 0.25) is 0 Å². The number of ether oxygens (including phenoxy) is 2. The Kier molecular flexibility index (Phi) is 7.65. The van der Waals surface area contributed by atoms with E-state index >= 15 is 0 Å². The van der Waals surface area contributed by atoms with E-state index in [2.05, 4.69) is 11.1 Å². The minimum atomic E-state index is -0.901. The number of pyridine rings is 1. The first kappa shape index (κ1) is 25.2. The lowest BCUT2D eigenvalue weighted by molar-refractivity contribution is -0.139. The number of methoxy groups -OCH3 is 2. The molecule has 1 aliphatic heterocycles. The summed E-state index contributed by atoms with van der Waals surface area (Å²) in [6.07, 6.45) is 3.29. The number of anilines is 1. The first-order valence-electron chi connectivity index (χ1n) is 11.6.